The van der Waals surface area contributed by atoms with Crippen molar-refractivity contribution in [2.24, 2.45) is 0 Å². The molecule has 2 aromatic carbocycles. The number of benzene rings is 2. The summed E-state index contributed by atoms with van der Waals surface area (Å²) in [7, 11) is 0. The van der Waals surface area contributed by atoms with Crippen LogP contribution in [0.25, 0.3) is 0 Å². The van der Waals surface area contributed by atoms with Crippen molar-refractivity contribution in [1.82, 2.24) is 10.2 Å². The number of hydrogen-bond acceptors (Lipinski definition) is 3. The molecule has 0 aliphatic carbocycles. The minimum Gasteiger partial charge on any atom is -0.336 e. The number of amides is 4. The number of carbonyl (C=O) groups is 3. The predicted molar refractivity (Wildman–Crippen MR) is 94.7 cm³/mol. The van der Waals surface area contributed by atoms with E-state index >= 15 is 0 Å². The molecule has 0 radical (unpaired) electrons. The number of carbonyl (C=O) groups excluding carboxylic acids is 3. The number of nitrogens with zero attached hydrogens (tertiary/aromatic N) is 1. The van der Waals surface area contributed by atoms with Gasteiger partial charge in [0.2, 0.25) is 0 Å². The van der Waals surface area contributed by atoms with Crippen LogP contribution in [0.5, 0.6) is 0 Å². The standard InChI is InChI=1S/C19H19N3O3/c1-12-9-13(2)11-14(10-12)21-19(25)20-7-8-22-17(23)15-5-3-4-6-16(15)18(22)24/h3-6,9-11H,7-8H2,1-2H3,(H2,20,21,25). The number of hydrogen-bond donors (Lipinski definition) is 2. The summed E-state index contributed by atoms with van der Waals surface area (Å²) in [6, 6.07) is 12.1. The SMILES string of the molecule is Cc1cc(C)cc(NC(=O)NCCN2C(=O)c3ccccc3C2=O)c1. The van der Waals surface area contributed by atoms with Gasteiger partial charge in [0.15, 0.2) is 0 Å². The van der Waals surface area contributed by atoms with E-state index in [1.165, 1.54) is 0 Å². The molecule has 3 rings (SSSR count). The highest BCUT2D eigenvalue weighted by Gasteiger charge is 2.34. The molecule has 1 aliphatic rings. The van der Waals surface area contributed by atoms with E-state index in [0.717, 1.165) is 16.0 Å². The van der Waals surface area contributed by atoms with Crippen LogP contribution in [0.1, 0.15) is 31.8 Å². The third-order valence-electron chi connectivity index (χ3n) is 3.98. The van der Waals surface area contributed by atoms with Gasteiger partial charge >= 0.3 is 6.03 Å². The third kappa shape index (κ3) is 3.52. The molecule has 0 saturated carbocycles. The zero-order chi connectivity index (χ0) is 18.0. The van der Waals surface area contributed by atoms with E-state index in [1.54, 1.807) is 24.3 Å². The lowest BCUT2D eigenvalue weighted by molar-refractivity contribution is 0.0656. The van der Waals surface area contributed by atoms with E-state index in [1.807, 2.05) is 32.0 Å². The maximum atomic E-state index is 12.2. The molecule has 1 aliphatic heterocycles. The first-order valence-corrected chi connectivity index (χ1v) is 8.04. The molecule has 0 saturated heterocycles. The molecule has 0 bridgehead atoms. The average Bonchev–Trinajstić information content (AvgIpc) is 2.79. The summed E-state index contributed by atoms with van der Waals surface area (Å²) in [5, 5.41) is 5.42. The predicted octanol–water partition coefficient (Wildman–Crippen LogP) is 2.72. The lowest BCUT2D eigenvalue weighted by Crippen LogP contribution is -2.39. The molecule has 2 aromatic rings. The van der Waals surface area contributed by atoms with Gasteiger partial charge in [-0.3, -0.25) is 14.5 Å². The van der Waals surface area contributed by atoms with Crippen molar-refractivity contribution in [2.45, 2.75) is 13.8 Å². The van der Waals surface area contributed by atoms with Crippen molar-refractivity contribution in [2.75, 3.05) is 18.4 Å². The minimum absolute atomic E-state index is 0.132. The fourth-order valence-electron chi connectivity index (χ4n) is 2.95. The summed E-state index contributed by atoms with van der Waals surface area (Å²) in [5.41, 5.74) is 3.64. The zero-order valence-corrected chi connectivity index (χ0v) is 14.1. The molecule has 1 heterocycles. The van der Waals surface area contributed by atoms with Crippen LogP contribution in [0.2, 0.25) is 0 Å². The molecule has 0 fully saturated rings. The highest BCUT2D eigenvalue weighted by Crippen LogP contribution is 2.21. The maximum Gasteiger partial charge on any atom is 0.319 e. The Bertz CT molecular complexity index is 805. The van der Waals surface area contributed by atoms with E-state index in [2.05, 4.69) is 10.6 Å². The number of urea groups is 1. The van der Waals surface area contributed by atoms with Crippen LogP contribution in [0.15, 0.2) is 42.5 Å². The van der Waals surface area contributed by atoms with Gasteiger partial charge in [0.25, 0.3) is 11.8 Å². The minimum atomic E-state index is -0.374. The van der Waals surface area contributed by atoms with Gasteiger partial charge in [-0.1, -0.05) is 18.2 Å². The van der Waals surface area contributed by atoms with Crippen LogP contribution in [-0.4, -0.2) is 35.8 Å². The highest BCUT2D eigenvalue weighted by molar-refractivity contribution is 6.21. The molecular formula is C19H19N3O3. The first-order chi connectivity index (χ1) is 12.0. The fraction of sp³-hybridized carbons (Fsp3) is 0.211. The summed E-state index contributed by atoms with van der Waals surface area (Å²) in [6.45, 7) is 4.23. The number of fused-ring (bicyclic) bond motifs is 1. The lowest BCUT2D eigenvalue weighted by Gasteiger charge is -2.14. The van der Waals surface area contributed by atoms with E-state index < -0.39 is 0 Å². The Morgan fingerprint density at radius 3 is 2.08 bits per heavy atom. The highest BCUT2D eigenvalue weighted by atomic mass is 16.2. The van der Waals surface area contributed by atoms with E-state index in [-0.39, 0.29) is 30.9 Å². The second-order valence-corrected chi connectivity index (χ2v) is 6.06. The van der Waals surface area contributed by atoms with Gasteiger partial charge in [-0.05, 0) is 49.2 Å². The summed E-state index contributed by atoms with van der Waals surface area (Å²) in [6.07, 6.45) is 0. The zero-order valence-electron chi connectivity index (χ0n) is 14.1. The first kappa shape index (κ1) is 16.7. The van der Waals surface area contributed by atoms with Crippen molar-refractivity contribution in [3.63, 3.8) is 0 Å². The number of anilines is 1. The lowest BCUT2D eigenvalue weighted by atomic mass is 10.1. The summed E-state index contributed by atoms with van der Waals surface area (Å²) in [5.74, 6) is -0.644. The van der Waals surface area contributed by atoms with Gasteiger partial charge in [0.05, 0.1) is 11.1 Å². The van der Waals surface area contributed by atoms with Gasteiger partial charge in [0, 0.05) is 18.8 Å². The number of imide groups is 1. The summed E-state index contributed by atoms with van der Waals surface area (Å²) in [4.78, 5) is 37.6. The Labute approximate surface area is 145 Å². The topological polar surface area (TPSA) is 78.5 Å². The molecular weight excluding hydrogens is 318 g/mol. The monoisotopic (exact) mass is 337 g/mol. The molecule has 2 N–H and O–H groups in total. The fourth-order valence-corrected chi connectivity index (χ4v) is 2.95. The van der Waals surface area contributed by atoms with Crippen LogP contribution < -0.4 is 10.6 Å². The summed E-state index contributed by atoms with van der Waals surface area (Å²) < 4.78 is 0. The van der Waals surface area contributed by atoms with Crippen molar-refractivity contribution < 1.29 is 14.4 Å². The van der Waals surface area contributed by atoms with Crippen LogP contribution >= 0.6 is 0 Å². The second-order valence-electron chi connectivity index (χ2n) is 6.06. The number of nitrogens with one attached hydrogen (secondary N) is 2. The van der Waals surface area contributed by atoms with Gasteiger partial charge in [-0.2, -0.15) is 0 Å². The Morgan fingerprint density at radius 2 is 1.52 bits per heavy atom. The molecule has 6 heteroatoms. The van der Waals surface area contributed by atoms with Gasteiger partial charge in [0.1, 0.15) is 0 Å². The van der Waals surface area contributed by atoms with Gasteiger partial charge in [-0.15, -0.1) is 0 Å². The smallest absolute Gasteiger partial charge is 0.319 e. The summed E-state index contributed by atoms with van der Waals surface area (Å²) >= 11 is 0. The maximum absolute atomic E-state index is 12.2. The first-order valence-electron chi connectivity index (χ1n) is 8.04. The Morgan fingerprint density at radius 1 is 0.960 bits per heavy atom. The molecule has 0 atom stereocenters. The molecule has 0 unspecified atom stereocenters. The third-order valence-corrected chi connectivity index (χ3v) is 3.98. The van der Waals surface area contributed by atoms with Gasteiger partial charge < -0.3 is 10.6 Å². The van der Waals surface area contributed by atoms with Crippen LogP contribution in [0.3, 0.4) is 0 Å². The number of rotatable bonds is 4. The van der Waals surface area contributed by atoms with E-state index in [4.69, 9.17) is 0 Å². The number of aryl methyl sites for hydroxylation is 2. The Kier molecular flexibility index (Phi) is 4.52. The molecule has 0 aromatic heterocycles. The van der Waals surface area contributed by atoms with Crippen molar-refractivity contribution in [3.8, 4) is 0 Å². The molecule has 25 heavy (non-hydrogen) atoms. The normalized spacial score (nSPS) is 13.0. The van der Waals surface area contributed by atoms with Crippen molar-refractivity contribution in [1.29, 1.82) is 0 Å². The molecule has 128 valence electrons. The van der Waals surface area contributed by atoms with Crippen LogP contribution in [0, 0.1) is 13.8 Å². The Balaban J connectivity index is 1.54. The second kappa shape index (κ2) is 6.76. The molecule has 0 spiro atoms. The average molecular weight is 337 g/mol. The van der Waals surface area contributed by atoms with E-state index in [0.29, 0.717) is 16.8 Å². The quantitative estimate of drug-likeness (QED) is 0.842. The Hall–Kier alpha value is -3.15. The van der Waals surface area contributed by atoms with E-state index in [9.17, 15) is 14.4 Å². The van der Waals surface area contributed by atoms with Crippen molar-refractivity contribution >= 4 is 23.5 Å². The molecule has 6 nitrogen and oxygen atoms in total. The van der Waals surface area contributed by atoms with Gasteiger partial charge in [-0.25, -0.2) is 4.79 Å². The van der Waals surface area contributed by atoms with Crippen LogP contribution in [0.4, 0.5) is 10.5 Å². The molecule has 4 amide bonds. The van der Waals surface area contributed by atoms with Crippen molar-refractivity contribution in [3.05, 3.63) is 64.7 Å². The van der Waals surface area contributed by atoms with Crippen LogP contribution in [-0.2, 0) is 0 Å². The largest absolute Gasteiger partial charge is 0.336 e.